The Morgan fingerprint density at radius 1 is 1.45 bits per heavy atom. The van der Waals surface area contributed by atoms with E-state index in [1.54, 1.807) is 16.2 Å². The number of amides is 1. The third kappa shape index (κ3) is 4.06. The molecule has 1 atom stereocenters. The molecule has 0 bridgehead atoms. The molecule has 0 aliphatic carbocycles. The maximum Gasteiger partial charge on any atom is 0.222 e. The van der Waals surface area contributed by atoms with E-state index in [1.165, 1.54) is 9.75 Å². The van der Waals surface area contributed by atoms with E-state index in [-0.39, 0.29) is 23.5 Å². The van der Waals surface area contributed by atoms with Crippen LogP contribution in [0.5, 0.6) is 0 Å². The van der Waals surface area contributed by atoms with Crippen molar-refractivity contribution < 1.29 is 13.2 Å². The summed E-state index contributed by atoms with van der Waals surface area (Å²) >= 11 is 1.77. The summed E-state index contributed by atoms with van der Waals surface area (Å²) < 4.78 is 23.0. The molecule has 20 heavy (non-hydrogen) atoms. The second-order valence-corrected chi connectivity index (χ2v) is 9.02. The third-order valence-corrected chi connectivity index (χ3v) is 6.46. The van der Waals surface area contributed by atoms with Gasteiger partial charge in [-0.25, -0.2) is 8.42 Å². The zero-order chi connectivity index (χ0) is 14.8. The zero-order valence-electron chi connectivity index (χ0n) is 12.0. The van der Waals surface area contributed by atoms with Gasteiger partial charge >= 0.3 is 0 Å². The summed E-state index contributed by atoms with van der Waals surface area (Å²) in [5.41, 5.74) is 0. The van der Waals surface area contributed by atoms with Gasteiger partial charge in [0.05, 0.1) is 11.5 Å². The monoisotopic (exact) mass is 315 g/mol. The van der Waals surface area contributed by atoms with Gasteiger partial charge in [0.15, 0.2) is 9.84 Å². The number of hydrogen-bond donors (Lipinski definition) is 0. The van der Waals surface area contributed by atoms with Crippen LogP contribution in [0, 0.1) is 6.92 Å². The van der Waals surface area contributed by atoms with Gasteiger partial charge in [-0.3, -0.25) is 4.79 Å². The van der Waals surface area contributed by atoms with Crippen LogP contribution in [0.25, 0.3) is 0 Å². The molecule has 0 N–H and O–H groups in total. The number of rotatable bonds is 4. The lowest BCUT2D eigenvalue weighted by atomic mass is 10.2. The Kier molecular flexibility index (Phi) is 4.86. The van der Waals surface area contributed by atoms with Crippen molar-refractivity contribution in [2.45, 2.75) is 39.2 Å². The predicted octanol–water partition coefficient (Wildman–Crippen LogP) is 2.02. The van der Waals surface area contributed by atoms with E-state index in [0.29, 0.717) is 13.0 Å². The third-order valence-electron chi connectivity index (χ3n) is 3.60. The fourth-order valence-electron chi connectivity index (χ4n) is 2.55. The van der Waals surface area contributed by atoms with Gasteiger partial charge in [0.2, 0.25) is 5.91 Å². The first-order chi connectivity index (χ1) is 9.37. The highest BCUT2D eigenvalue weighted by Gasteiger charge is 2.30. The van der Waals surface area contributed by atoms with Crippen LogP contribution in [0.3, 0.4) is 0 Å². The molecular formula is C14H21NO3S2. The highest BCUT2D eigenvalue weighted by Crippen LogP contribution is 2.18. The van der Waals surface area contributed by atoms with E-state index in [1.807, 2.05) is 6.92 Å². The van der Waals surface area contributed by atoms with Crippen LogP contribution in [0.2, 0.25) is 0 Å². The Balaban J connectivity index is 1.80. The van der Waals surface area contributed by atoms with Crippen molar-refractivity contribution in [3.05, 3.63) is 21.9 Å². The van der Waals surface area contributed by atoms with Crippen LogP contribution in [0.4, 0.5) is 0 Å². The van der Waals surface area contributed by atoms with Crippen molar-refractivity contribution in [2.75, 3.05) is 18.1 Å². The molecule has 1 aromatic rings. The quantitative estimate of drug-likeness (QED) is 0.854. The van der Waals surface area contributed by atoms with E-state index in [2.05, 4.69) is 19.1 Å². The number of sulfone groups is 1. The number of aryl methyl sites for hydroxylation is 2. The van der Waals surface area contributed by atoms with Crippen molar-refractivity contribution in [3.8, 4) is 0 Å². The van der Waals surface area contributed by atoms with Gasteiger partial charge < -0.3 is 4.90 Å². The van der Waals surface area contributed by atoms with Crippen LogP contribution in [0.1, 0.15) is 29.5 Å². The second kappa shape index (κ2) is 6.26. The van der Waals surface area contributed by atoms with Crippen LogP contribution < -0.4 is 0 Å². The molecule has 0 saturated carbocycles. The van der Waals surface area contributed by atoms with Crippen molar-refractivity contribution >= 4 is 27.1 Å². The van der Waals surface area contributed by atoms with Crippen molar-refractivity contribution in [1.82, 2.24) is 4.90 Å². The first kappa shape index (κ1) is 15.5. The average Bonchev–Trinajstić information content (AvgIpc) is 2.73. The summed E-state index contributed by atoms with van der Waals surface area (Å²) in [6.45, 7) is 4.24. The van der Waals surface area contributed by atoms with Crippen LogP contribution >= 0.6 is 11.3 Å². The first-order valence-corrected chi connectivity index (χ1v) is 9.56. The van der Waals surface area contributed by atoms with Crippen molar-refractivity contribution in [1.29, 1.82) is 0 Å². The van der Waals surface area contributed by atoms with Gasteiger partial charge in [-0.05, 0) is 38.8 Å². The van der Waals surface area contributed by atoms with Crippen LogP contribution in [-0.4, -0.2) is 43.3 Å². The summed E-state index contributed by atoms with van der Waals surface area (Å²) in [7, 11) is -2.95. The molecule has 2 heterocycles. The molecule has 1 aliphatic rings. The normalized spacial score (nSPS) is 21.9. The topological polar surface area (TPSA) is 54.5 Å². The molecule has 2 rings (SSSR count). The highest BCUT2D eigenvalue weighted by atomic mass is 32.2. The Morgan fingerprint density at radius 2 is 2.20 bits per heavy atom. The molecule has 6 heteroatoms. The van der Waals surface area contributed by atoms with Gasteiger partial charge in [-0.1, -0.05) is 0 Å². The lowest BCUT2D eigenvalue weighted by Gasteiger charge is -2.33. The summed E-state index contributed by atoms with van der Waals surface area (Å²) in [5, 5.41) is 0. The first-order valence-electron chi connectivity index (χ1n) is 6.92. The lowest BCUT2D eigenvalue weighted by Crippen LogP contribution is -2.49. The second-order valence-electron chi connectivity index (χ2n) is 5.42. The van der Waals surface area contributed by atoms with Gasteiger partial charge in [0.25, 0.3) is 0 Å². The molecule has 1 aliphatic heterocycles. The van der Waals surface area contributed by atoms with E-state index >= 15 is 0 Å². The van der Waals surface area contributed by atoms with Crippen LogP contribution in [0.15, 0.2) is 12.1 Å². The van der Waals surface area contributed by atoms with E-state index in [4.69, 9.17) is 0 Å². The molecule has 112 valence electrons. The van der Waals surface area contributed by atoms with E-state index < -0.39 is 9.84 Å². The Bertz CT molecular complexity index is 577. The minimum absolute atomic E-state index is 0.0840. The smallest absolute Gasteiger partial charge is 0.222 e. The minimum Gasteiger partial charge on any atom is -0.338 e. The Hall–Kier alpha value is -0.880. The van der Waals surface area contributed by atoms with Crippen molar-refractivity contribution in [2.24, 2.45) is 0 Å². The number of hydrogen-bond acceptors (Lipinski definition) is 4. The summed E-state index contributed by atoms with van der Waals surface area (Å²) in [4.78, 5) is 16.5. The van der Waals surface area contributed by atoms with E-state index in [9.17, 15) is 13.2 Å². The highest BCUT2D eigenvalue weighted by molar-refractivity contribution is 7.91. The summed E-state index contributed by atoms with van der Waals surface area (Å²) in [6.07, 6.45) is 2.25. The SMILES string of the molecule is Cc1ccc(CCCC(=O)N2CCS(=O)(=O)CC2C)s1. The van der Waals surface area contributed by atoms with Gasteiger partial charge in [-0.15, -0.1) is 11.3 Å². The fourth-order valence-corrected chi connectivity index (χ4v) is 5.03. The predicted molar refractivity (Wildman–Crippen MR) is 81.8 cm³/mol. The number of nitrogens with zero attached hydrogens (tertiary/aromatic N) is 1. The molecule has 0 spiro atoms. The van der Waals surface area contributed by atoms with Gasteiger partial charge in [0.1, 0.15) is 0 Å². The molecular weight excluding hydrogens is 294 g/mol. The average molecular weight is 315 g/mol. The Morgan fingerprint density at radius 3 is 2.80 bits per heavy atom. The van der Waals surface area contributed by atoms with Gasteiger partial charge in [-0.2, -0.15) is 0 Å². The molecule has 1 unspecified atom stereocenters. The maximum absolute atomic E-state index is 12.1. The van der Waals surface area contributed by atoms with Gasteiger partial charge in [0, 0.05) is 28.8 Å². The molecule has 1 saturated heterocycles. The zero-order valence-corrected chi connectivity index (χ0v) is 13.6. The lowest BCUT2D eigenvalue weighted by molar-refractivity contribution is -0.132. The maximum atomic E-state index is 12.1. The molecule has 4 nitrogen and oxygen atoms in total. The Labute approximate surface area is 124 Å². The molecule has 1 amide bonds. The molecule has 0 aromatic carbocycles. The number of carbonyl (C=O) groups is 1. The number of carbonyl (C=O) groups excluding carboxylic acids is 1. The fraction of sp³-hybridized carbons (Fsp3) is 0.643. The minimum atomic E-state index is -2.95. The molecule has 1 fully saturated rings. The van der Waals surface area contributed by atoms with Crippen molar-refractivity contribution in [3.63, 3.8) is 0 Å². The van der Waals surface area contributed by atoms with Crippen LogP contribution in [-0.2, 0) is 21.1 Å². The standard InChI is InChI=1S/C14H21NO3S2/c1-11-10-20(17,18)9-8-15(11)14(16)5-3-4-13-7-6-12(2)19-13/h6-7,11H,3-5,8-10H2,1-2H3. The summed E-state index contributed by atoms with van der Waals surface area (Å²) in [6, 6.07) is 4.02. The summed E-state index contributed by atoms with van der Waals surface area (Å²) in [5.74, 6) is 0.288. The van der Waals surface area contributed by atoms with E-state index in [0.717, 1.165) is 12.8 Å². The molecule has 1 aromatic heterocycles. The largest absolute Gasteiger partial charge is 0.338 e. The number of thiophene rings is 1. The molecule has 0 radical (unpaired) electrons.